The summed E-state index contributed by atoms with van der Waals surface area (Å²) in [5, 5.41) is 25.1. The van der Waals surface area contributed by atoms with Gasteiger partial charge < -0.3 is 31.9 Å². The first-order valence-corrected chi connectivity index (χ1v) is 10.6. The molecule has 0 aromatic rings. The number of nitrogens with one attached hydrogen (secondary N) is 3. The lowest BCUT2D eigenvalue weighted by Crippen LogP contribution is -2.58. The molecule has 0 saturated carbocycles. The smallest absolute Gasteiger partial charge is 0.327 e. The molecule has 7 N–H and O–H groups in total. The Morgan fingerprint density at radius 1 is 0.774 bits per heavy atom. The minimum Gasteiger partial charge on any atom is -0.481 e. The Morgan fingerprint density at radius 3 is 1.65 bits per heavy atom. The van der Waals surface area contributed by atoms with Gasteiger partial charge in [0, 0.05) is 5.75 Å². The lowest BCUT2D eigenvalue weighted by atomic mass is 10.00. The molecule has 0 fully saturated rings. The number of carboxylic acid groups (broad SMARTS) is 2. The Bertz CT molecular complexity index is 657. The van der Waals surface area contributed by atoms with Crippen LogP contribution < -0.4 is 21.7 Å². The maximum absolute atomic E-state index is 12.8. The van der Waals surface area contributed by atoms with Gasteiger partial charge in [0.25, 0.3) is 0 Å². The van der Waals surface area contributed by atoms with Gasteiger partial charge in [-0.1, -0.05) is 27.7 Å². The summed E-state index contributed by atoms with van der Waals surface area (Å²) in [5.41, 5.74) is 5.86. The molecule has 0 heterocycles. The van der Waals surface area contributed by atoms with Crippen molar-refractivity contribution >= 4 is 42.3 Å². The molecule has 178 valence electrons. The number of nitrogens with two attached hydrogens (primary N) is 1. The quantitative estimate of drug-likeness (QED) is 0.166. The fraction of sp³-hybridized carbons (Fsp3) is 0.737. The minimum atomic E-state index is -1.54. The molecule has 0 saturated heterocycles. The van der Waals surface area contributed by atoms with E-state index in [2.05, 4.69) is 28.6 Å². The van der Waals surface area contributed by atoms with E-state index in [1.807, 2.05) is 27.7 Å². The molecule has 0 rings (SSSR count). The summed E-state index contributed by atoms with van der Waals surface area (Å²) < 4.78 is 0. The molecule has 4 atom stereocenters. The average molecular weight is 463 g/mol. The maximum Gasteiger partial charge on any atom is 0.327 e. The van der Waals surface area contributed by atoms with E-state index in [9.17, 15) is 24.0 Å². The van der Waals surface area contributed by atoms with Gasteiger partial charge in [0.15, 0.2) is 0 Å². The van der Waals surface area contributed by atoms with Crippen molar-refractivity contribution in [3.8, 4) is 0 Å². The third-order valence-electron chi connectivity index (χ3n) is 4.21. The molecule has 0 aliphatic rings. The second-order valence-corrected chi connectivity index (χ2v) is 8.53. The van der Waals surface area contributed by atoms with Gasteiger partial charge in [0.1, 0.15) is 18.1 Å². The molecule has 0 aromatic heterocycles. The number of hydrogen-bond acceptors (Lipinski definition) is 7. The van der Waals surface area contributed by atoms with Crippen LogP contribution >= 0.6 is 12.6 Å². The van der Waals surface area contributed by atoms with Crippen LogP contribution in [-0.4, -0.2) is 69.8 Å². The van der Waals surface area contributed by atoms with E-state index in [0.29, 0.717) is 6.42 Å². The summed E-state index contributed by atoms with van der Waals surface area (Å²) in [6.45, 7) is 7.45. The first-order valence-electron chi connectivity index (χ1n) is 10.0. The van der Waals surface area contributed by atoms with Crippen molar-refractivity contribution < 1.29 is 34.2 Å². The van der Waals surface area contributed by atoms with Crippen LogP contribution in [0.5, 0.6) is 0 Å². The number of carbonyl (C=O) groups is 5. The molecule has 0 spiro atoms. The van der Waals surface area contributed by atoms with Gasteiger partial charge in [-0.3, -0.25) is 19.2 Å². The summed E-state index contributed by atoms with van der Waals surface area (Å²) in [6, 6.07) is -4.77. The van der Waals surface area contributed by atoms with E-state index in [1.54, 1.807) is 0 Å². The van der Waals surface area contributed by atoms with Crippen LogP contribution in [0, 0.1) is 11.8 Å². The second kappa shape index (κ2) is 13.9. The van der Waals surface area contributed by atoms with E-state index >= 15 is 0 Å². The normalized spacial score (nSPS) is 15.0. The number of carboxylic acids is 2. The largest absolute Gasteiger partial charge is 0.481 e. The average Bonchev–Trinajstić information content (AvgIpc) is 2.62. The van der Waals surface area contributed by atoms with E-state index in [0.717, 1.165) is 0 Å². The fourth-order valence-electron chi connectivity index (χ4n) is 2.71. The van der Waals surface area contributed by atoms with E-state index < -0.39 is 60.2 Å². The number of thiol groups is 1. The molecule has 0 aromatic carbocycles. The topological polar surface area (TPSA) is 188 Å². The van der Waals surface area contributed by atoms with Gasteiger partial charge in [0.05, 0.1) is 12.5 Å². The molecule has 0 bridgehead atoms. The van der Waals surface area contributed by atoms with Crippen molar-refractivity contribution in [2.45, 2.75) is 71.1 Å². The molecule has 11 nitrogen and oxygen atoms in total. The highest BCUT2D eigenvalue weighted by Gasteiger charge is 2.31. The van der Waals surface area contributed by atoms with Crippen molar-refractivity contribution in [2.24, 2.45) is 17.6 Å². The van der Waals surface area contributed by atoms with Gasteiger partial charge in [-0.05, 0) is 24.7 Å². The minimum absolute atomic E-state index is 0.00954. The zero-order chi connectivity index (χ0) is 24.3. The van der Waals surface area contributed by atoms with Crippen LogP contribution in [0.1, 0.15) is 47.0 Å². The lowest BCUT2D eigenvalue weighted by Gasteiger charge is -2.25. The summed E-state index contributed by atoms with van der Waals surface area (Å²) >= 11 is 3.83. The zero-order valence-corrected chi connectivity index (χ0v) is 19.1. The number of aliphatic carboxylic acids is 2. The fourth-order valence-corrected chi connectivity index (χ4v) is 2.96. The monoisotopic (exact) mass is 462 g/mol. The van der Waals surface area contributed by atoms with Crippen molar-refractivity contribution in [1.82, 2.24) is 16.0 Å². The number of hydrogen-bond donors (Lipinski definition) is 7. The lowest BCUT2D eigenvalue weighted by molar-refractivity contribution is -0.143. The molecule has 4 unspecified atom stereocenters. The highest BCUT2D eigenvalue weighted by Crippen LogP contribution is 2.08. The second-order valence-electron chi connectivity index (χ2n) is 8.17. The Labute approximate surface area is 187 Å². The Balaban J connectivity index is 5.43. The summed E-state index contributed by atoms with van der Waals surface area (Å²) in [5.74, 6) is -5.08. The molecule has 12 heteroatoms. The van der Waals surface area contributed by atoms with Crippen LogP contribution in [0.4, 0.5) is 0 Å². The molecule has 3 amide bonds. The Hall–Kier alpha value is -2.34. The number of rotatable bonds is 14. The Morgan fingerprint density at radius 2 is 1.23 bits per heavy atom. The predicted octanol–water partition coefficient (Wildman–Crippen LogP) is -0.651. The molecule has 0 radical (unpaired) electrons. The molecule has 31 heavy (non-hydrogen) atoms. The van der Waals surface area contributed by atoms with Crippen molar-refractivity contribution in [1.29, 1.82) is 0 Å². The first-order chi connectivity index (χ1) is 14.3. The van der Waals surface area contributed by atoms with Gasteiger partial charge in [-0.15, -0.1) is 0 Å². The SMILES string of the molecule is CC(C)CC(N)C(=O)NC(CC(C)C)C(=O)NC(CC(=O)O)C(=O)NC(CS)C(=O)O. The van der Waals surface area contributed by atoms with Crippen LogP contribution in [-0.2, 0) is 24.0 Å². The molecule has 0 aliphatic carbocycles. The molecular weight excluding hydrogens is 428 g/mol. The van der Waals surface area contributed by atoms with Crippen molar-refractivity contribution in [3.63, 3.8) is 0 Å². The summed E-state index contributed by atoms with van der Waals surface area (Å²) in [7, 11) is 0. The standard InChI is InChI=1S/C19H34N4O7S/c1-9(2)5-11(20)16(26)21-12(6-10(3)4)17(27)22-13(7-15(24)25)18(28)23-14(8-31)19(29)30/h9-14,31H,5-8,20H2,1-4H3,(H,21,26)(H,22,27)(H,23,28)(H,24,25)(H,29,30). The summed E-state index contributed by atoms with van der Waals surface area (Å²) in [6.07, 6.45) is -0.139. The van der Waals surface area contributed by atoms with Gasteiger partial charge in [-0.2, -0.15) is 12.6 Å². The van der Waals surface area contributed by atoms with Crippen LogP contribution in [0.25, 0.3) is 0 Å². The van der Waals surface area contributed by atoms with E-state index in [4.69, 9.17) is 15.9 Å². The van der Waals surface area contributed by atoms with Crippen molar-refractivity contribution in [3.05, 3.63) is 0 Å². The third-order valence-corrected chi connectivity index (χ3v) is 4.58. The number of amides is 3. The Kier molecular flexibility index (Phi) is 12.8. The first kappa shape index (κ1) is 28.7. The van der Waals surface area contributed by atoms with E-state index in [1.165, 1.54) is 0 Å². The summed E-state index contributed by atoms with van der Waals surface area (Å²) in [4.78, 5) is 59.8. The highest BCUT2D eigenvalue weighted by molar-refractivity contribution is 7.80. The van der Waals surface area contributed by atoms with Gasteiger partial charge in [-0.25, -0.2) is 4.79 Å². The predicted molar refractivity (Wildman–Crippen MR) is 116 cm³/mol. The van der Waals surface area contributed by atoms with Gasteiger partial charge >= 0.3 is 11.9 Å². The van der Waals surface area contributed by atoms with Gasteiger partial charge in [0.2, 0.25) is 17.7 Å². The van der Waals surface area contributed by atoms with Crippen LogP contribution in [0.3, 0.4) is 0 Å². The molecule has 0 aliphatic heterocycles. The maximum atomic E-state index is 12.8. The van der Waals surface area contributed by atoms with Crippen LogP contribution in [0.15, 0.2) is 0 Å². The highest BCUT2D eigenvalue weighted by atomic mass is 32.1. The van der Waals surface area contributed by atoms with E-state index in [-0.39, 0.29) is 24.0 Å². The van der Waals surface area contributed by atoms with Crippen molar-refractivity contribution in [2.75, 3.05) is 5.75 Å². The zero-order valence-electron chi connectivity index (χ0n) is 18.3. The number of carbonyl (C=O) groups excluding carboxylic acids is 3. The third kappa shape index (κ3) is 11.6. The van der Waals surface area contributed by atoms with Crippen LogP contribution in [0.2, 0.25) is 0 Å². The molecular formula is C19H34N4O7S.